The quantitative estimate of drug-likeness (QED) is 0.128. The van der Waals surface area contributed by atoms with Crippen LogP contribution in [0.5, 0.6) is 0 Å². The van der Waals surface area contributed by atoms with Gasteiger partial charge in [0, 0.05) is 16.2 Å². The van der Waals surface area contributed by atoms with E-state index in [1.54, 1.807) is 0 Å². The molecule has 3 aliphatic rings. The summed E-state index contributed by atoms with van der Waals surface area (Å²) < 4.78 is 0. The molecule has 0 spiro atoms. The number of hydrogen-bond donors (Lipinski definition) is 0. The Labute approximate surface area is 309 Å². The van der Waals surface area contributed by atoms with Gasteiger partial charge in [-0.25, -0.2) is 0 Å². The molecular weight excluding hydrogens is 641 g/mol. The van der Waals surface area contributed by atoms with Gasteiger partial charge in [-0.05, 0) is 87.5 Å². The van der Waals surface area contributed by atoms with Gasteiger partial charge < -0.3 is 0 Å². The van der Waals surface area contributed by atoms with E-state index in [0.717, 1.165) is 0 Å². The van der Waals surface area contributed by atoms with Crippen LogP contribution in [0, 0.1) is 0 Å². The fraction of sp³-hybridized carbons (Fsp3) is 0.176. The summed E-state index contributed by atoms with van der Waals surface area (Å²) in [5.74, 6) is 0. The monoisotopic (exact) mass is 684 g/mol. The summed E-state index contributed by atoms with van der Waals surface area (Å²) in [6.07, 6.45) is 0. The van der Waals surface area contributed by atoms with E-state index in [1.807, 2.05) is 0 Å². The minimum Gasteiger partial charge on any atom is -0.0623 e. The molecule has 252 valence electrons. The summed E-state index contributed by atoms with van der Waals surface area (Å²) in [7, 11) is -2.93. The summed E-state index contributed by atoms with van der Waals surface area (Å²) in [4.78, 5) is 0. The molecule has 0 amide bonds. The molecule has 0 saturated carbocycles. The Kier molecular flexibility index (Phi) is 6.45. The highest BCUT2D eigenvalue weighted by atomic mass is 28.3. The lowest BCUT2D eigenvalue weighted by Crippen LogP contribution is -2.75. The lowest BCUT2D eigenvalue weighted by molar-refractivity contribution is 0.661. The first-order chi connectivity index (χ1) is 25.1. The zero-order valence-electron chi connectivity index (χ0n) is 31.0. The zero-order valence-corrected chi connectivity index (χ0v) is 32.0. The first kappa shape index (κ1) is 31.5. The van der Waals surface area contributed by atoms with E-state index in [-0.39, 0.29) is 16.2 Å². The summed E-state index contributed by atoms with van der Waals surface area (Å²) in [6.45, 7) is 14.5. The Morgan fingerprint density at radius 1 is 0.269 bits per heavy atom. The Morgan fingerprint density at radius 3 is 0.904 bits per heavy atom. The Morgan fingerprint density at radius 2 is 0.558 bits per heavy atom. The van der Waals surface area contributed by atoms with Crippen LogP contribution in [0.25, 0.3) is 33.4 Å². The van der Waals surface area contributed by atoms with Crippen LogP contribution in [0.4, 0.5) is 0 Å². The highest BCUT2D eigenvalue weighted by Crippen LogP contribution is 2.51. The first-order valence-corrected chi connectivity index (χ1v) is 20.9. The van der Waals surface area contributed by atoms with Crippen molar-refractivity contribution >= 4 is 28.8 Å². The molecule has 0 nitrogen and oxygen atoms in total. The van der Waals surface area contributed by atoms with E-state index in [9.17, 15) is 0 Å². The third-order valence-corrected chi connectivity index (χ3v) is 18.0. The molecule has 0 aromatic heterocycles. The van der Waals surface area contributed by atoms with Crippen LogP contribution in [0.2, 0.25) is 0 Å². The van der Waals surface area contributed by atoms with Crippen molar-refractivity contribution in [3.63, 3.8) is 0 Å². The normalized spacial score (nSPS) is 16.3. The van der Waals surface area contributed by atoms with Crippen molar-refractivity contribution in [3.05, 3.63) is 191 Å². The van der Waals surface area contributed by atoms with Gasteiger partial charge in [-0.2, -0.15) is 0 Å². The van der Waals surface area contributed by atoms with E-state index in [4.69, 9.17) is 0 Å². The standard InChI is InChI=1S/C51H44Si/c1-49(2)43-21-13-10-18-37(43)40-27-24-34(30-46(40)49)52(33-16-8-7-9-17-33,35-25-28-41-38-19-11-14-22-44(38)50(3,4)47(41)31-35)36-26-29-42-39-20-12-15-23-45(39)51(5,6)48(42)32-36/h7-32H,1-6H3. The second-order valence-electron chi connectivity index (χ2n) is 16.9. The van der Waals surface area contributed by atoms with E-state index in [1.165, 1.54) is 87.5 Å². The van der Waals surface area contributed by atoms with Gasteiger partial charge >= 0.3 is 0 Å². The van der Waals surface area contributed by atoms with Crippen LogP contribution in [-0.2, 0) is 16.2 Å². The van der Waals surface area contributed by atoms with Crippen molar-refractivity contribution in [2.45, 2.75) is 57.8 Å². The van der Waals surface area contributed by atoms with Crippen molar-refractivity contribution in [3.8, 4) is 33.4 Å². The van der Waals surface area contributed by atoms with Gasteiger partial charge in [0.05, 0.1) is 0 Å². The maximum atomic E-state index is 2.62. The summed E-state index contributed by atoms with van der Waals surface area (Å²) >= 11 is 0. The van der Waals surface area contributed by atoms with Gasteiger partial charge in [0.25, 0.3) is 0 Å². The first-order valence-electron chi connectivity index (χ1n) is 18.9. The van der Waals surface area contributed by atoms with Crippen molar-refractivity contribution in [2.24, 2.45) is 0 Å². The van der Waals surface area contributed by atoms with Gasteiger partial charge in [-0.15, -0.1) is 0 Å². The molecule has 0 bridgehead atoms. The minimum atomic E-state index is -2.93. The molecule has 10 rings (SSSR count). The fourth-order valence-corrected chi connectivity index (χ4v) is 15.3. The van der Waals surface area contributed by atoms with Crippen molar-refractivity contribution in [2.75, 3.05) is 0 Å². The van der Waals surface area contributed by atoms with Crippen LogP contribution in [0.3, 0.4) is 0 Å². The second-order valence-corrected chi connectivity index (χ2v) is 20.7. The third-order valence-electron chi connectivity index (χ3n) is 13.3. The summed E-state index contributed by atoms with van der Waals surface area (Å²) in [6, 6.07) is 61.3. The fourth-order valence-electron chi connectivity index (χ4n) is 10.5. The smallest absolute Gasteiger partial charge is 0.0623 e. The van der Waals surface area contributed by atoms with Gasteiger partial charge in [0.1, 0.15) is 0 Å². The molecule has 0 radical (unpaired) electrons. The molecule has 7 aromatic rings. The number of hydrogen-bond acceptors (Lipinski definition) is 0. The highest BCUT2D eigenvalue weighted by Gasteiger charge is 2.47. The highest BCUT2D eigenvalue weighted by molar-refractivity contribution is 7.20. The van der Waals surface area contributed by atoms with Gasteiger partial charge in [0.15, 0.2) is 8.07 Å². The molecule has 0 unspecified atom stereocenters. The maximum Gasteiger partial charge on any atom is 0.179 e. The molecule has 7 aromatic carbocycles. The topological polar surface area (TPSA) is 0 Å². The Bertz CT molecular complexity index is 2340. The SMILES string of the molecule is CC1(C)c2ccccc2-c2ccc([Si](c3ccccc3)(c3ccc4c(c3)C(C)(C)c3ccccc3-4)c3ccc4c(c3)C(C)(C)c3ccccc3-4)cc21. The van der Waals surface area contributed by atoms with Crippen LogP contribution in [0.15, 0.2) is 158 Å². The molecule has 0 heterocycles. The molecule has 0 atom stereocenters. The maximum absolute atomic E-state index is 2.93. The molecule has 3 aliphatic carbocycles. The second kappa shape index (κ2) is 10.7. The van der Waals surface area contributed by atoms with Crippen molar-refractivity contribution < 1.29 is 0 Å². The van der Waals surface area contributed by atoms with Gasteiger partial charge in [-0.1, -0.05) is 199 Å². The lowest BCUT2D eigenvalue weighted by Gasteiger charge is -2.37. The average Bonchev–Trinajstić information content (AvgIpc) is 3.65. The molecule has 0 aliphatic heterocycles. The Balaban J connectivity index is 1.31. The summed E-state index contributed by atoms with van der Waals surface area (Å²) in [5.41, 5.74) is 16.5. The molecular formula is C51H44Si. The zero-order chi connectivity index (χ0) is 35.6. The van der Waals surface area contributed by atoms with E-state index < -0.39 is 8.07 Å². The van der Waals surface area contributed by atoms with E-state index >= 15 is 0 Å². The Hall–Kier alpha value is -5.24. The predicted octanol–water partition coefficient (Wildman–Crippen LogP) is 9.98. The van der Waals surface area contributed by atoms with Crippen LogP contribution >= 0.6 is 0 Å². The van der Waals surface area contributed by atoms with Crippen molar-refractivity contribution in [1.29, 1.82) is 0 Å². The molecule has 52 heavy (non-hydrogen) atoms. The van der Waals surface area contributed by atoms with Crippen molar-refractivity contribution in [1.82, 2.24) is 0 Å². The van der Waals surface area contributed by atoms with Gasteiger partial charge in [0.2, 0.25) is 0 Å². The van der Waals surface area contributed by atoms with E-state index in [2.05, 4.69) is 199 Å². The minimum absolute atomic E-state index is 0.0953. The van der Waals surface area contributed by atoms with Crippen LogP contribution in [0.1, 0.15) is 74.9 Å². The third kappa shape index (κ3) is 3.98. The van der Waals surface area contributed by atoms with E-state index in [0.29, 0.717) is 0 Å². The number of rotatable bonds is 4. The number of benzene rings is 7. The summed E-state index contributed by atoms with van der Waals surface area (Å²) in [5, 5.41) is 5.75. The number of fused-ring (bicyclic) bond motifs is 9. The average molecular weight is 685 g/mol. The molecule has 0 N–H and O–H groups in total. The predicted molar refractivity (Wildman–Crippen MR) is 223 cm³/mol. The molecule has 0 fully saturated rings. The largest absolute Gasteiger partial charge is 0.179 e. The van der Waals surface area contributed by atoms with Crippen LogP contribution in [-0.4, -0.2) is 8.07 Å². The van der Waals surface area contributed by atoms with Gasteiger partial charge in [-0.3, -0.25) is 0 Å². The van der Waals surface area contributed by atoms with Crippen LogP contribution < -0.4 is 20.7 Å². The molecule has 0 saturated heterocycles. The lowest BCUT2D eigenvalue weighted by atomic mass is 9.82. The molecule has 1 heteroatoms.